The van der Waals surface area contributed by atoms with Crippen molar-refractivity contribution in [1.29, 1.82) is 0 Å². The van der Waals surface area contributed by atoms with E-state index in [0.717, 1.165) is 24.2 Å². The monoisotopic (exact) mass is 390 g/mol. The largest absolute Gasteiger partial charge is 0.335 e. The van der Waals surface area contributed by atoms with Crippen LogP contribution in [0.15, 0.2) is 42.5 Å². The van der Waals surface area contributed by atoms with Gasteiger partial charge in [0.1, 0.15) is 0 Å². The van der Waals surface area contributed by atoms with Crippen LogP contribution in [-0.4, -0.2) is 29.8 Å². The summed E-state index contributed by atoms with van der Waals surface area (Å²) < 4.78 is 0. The standard InChI is InChI=1S/C20H20Cl2N2O2/c1-2-23(13-14-5-10-17(21)18(22)12-14)20(26)15-6-8-16(9-7-15)24-11-3-4-19(24)25/h5-10,12H,2-4,11,13H2,1H3. The molecule has 2 amide bonds. The van der Waals surface area contributed by atoms with Crippen LogP contribution in [0, 0.1) is 0 Å². The Hall–Kier alpha value is -2.04. The first kappa shape index (κ1) is 18.7. The van der Waals surface area contributed by atoms with Crippen LogP contribution >= 0.6 is 23.2 Å². The van der Waals surface area contributed by atoms with E-state index in [1.165, 1.54) is 0 Å². The van der Waals surface area contributed by atoms with Gasteiger partial charge in [0.25, 0.3) is 5.91 Å². The maximum Gasteiger partial charge on any atom is 0.254 e. The van der Waals surface area contributed by atoms with Crippen LogP contribution in [0.5, 0.6) is 0 Å². The first-order valence-corrected chi connectivity index (χ1v) is 9.39. The molecule has 1 fully saturated rings. The average Bonchev–Trinajstić information content (AvgIpc) is 3.08. The van der Waals surface area contributed by atoms with Gasteiger partial charge in [-0.15, -0.1) is 0 Å². The molecule has 3 rings (SSSR count). The van der Waals surface area contributed by atoms with Crippen LogP contribution in [0.25, 0.3) is 0 Å². The second-order valence-corrected chi connectivity index (χ2v) is 7.08. The third kappa shape index (κ3) is 4.02. The Bertz CT molecular complexity index is 821. The summed E-state index contributed by atoms with van der Waals surface area (Å²) in [6, 6.07) is 12.6. The van der Waals surface area contributed by atoms with E-state index in [1.54, 1.807) is 34.1 Å². The quantitative estimate of drug-likeness (QED) is 0.736. The fourth-order valence-corrected chi connectivity index (χ4v) is 3.39. The molecule has 0 atom stereocenters. The van der Waals surface area contributed by atoms with E-state index in [9.17, 15) is 9.59 Å². The molecule has 0 radical (unpaired) electrons. The lowest BCUT2D eigenvalue weighted by Crippen LogP contribution is -2.30. The average molecular weight is 391 g/mol. The summed E-state index contributed by atoms with van der Waals surface area (Å²) in [5, 5.41) is 0.976. The molecule has 0 saturated carbocycles. The Morgan fingerprint density at radius 3 is 2.42 bits per heavy atom. The number of nitrogens with zero attached hydrogens (tertiary/aromatic N) is 2. The molecule has 0 N–H and O–H groups in total. The molecule has 136 valence electrons. The lowest BCUT2D eigenvalue weighted by atomic mass is 10.1. The van der Waals surface area contributed by atoms with Crippen LogP contribution in [-0.2, 0) is 11.3 Å². The minimum Gasteiger partial charge on any atom is -0.335 e. The summed E-state index contributed by atoms with van der Waals surface area (Å²) in [7, 11) is 0. The van der Waals surface area contributed by atoms with Crippen molar-refractivity contribution in [1.82, 2.24) is 4.90 Å². The lowest BCUT2D eigenvalue weighted by molar-refractivity contribution is -0.117. The molecular weight excluding hydrogens is 371 g/mol. The van der Waals surface area contributed by atoms with Crippen molar-refractivity contribution in [2.24, 2.45) is 0 Å². The van der Waals surface area contributed by atoms with E-state index in [4.69, 9.17) is 23.2 Å². The molecule has 6 heteroatoms. The van der Waals surface area contributed by atoms with Gasteiger partial charge in [0, 0.05) is 37.3 Å². The van der Waals surface area contributed by atoms with Crippen molar-refractivity contribution < 1.29 is 9.59 Å². The van der Waals surface area contributed by atoms with E-state index in [0.29, 0.717) is 35.1 Å². The predicted octanol–water partition coefficient (Wildman–Crippen LogP) is 4.78. The topological polar surface area (TPSA) is 40.6 Å². The third-order valence-corrected chi connectivity index (χ3v) is 5.26. The van der Waals surface area contributed by atoms with Crippen molar-refractivity contribution in [3.8, 4) is 0 Å². The van der Waals surface area contributed by atoms with Crippen molar-refractivity contribution in [2.45, 2.75) is 26.3 Å². The highest BCUT2D eigenvalue weighted by molar-refractivity contribution is 6.42. The second kappa shape index (κ2) is 8.11. The molecule has 1 aliphatic rings. The Morgan fingerprint density at radius 2 is 1.85 bits per heavy atom. The maximum absolute atomic E-state index is 12.8. The highest BCUT2D eigenvalue weighted by Crippen LogP contribution is 2.24. The van der Waals surface area contributed by atoms with Crippen LogP contribution in [0.2, 0.25) is 10.0 Å². The van der Waals surface area contributed by atoms with Gasteiger partial charge in [-0.3, -0.25) is 9.59 Å². The van der Waals surface area contributed by atoms with Crippen molar-refractivity contribution in [2.75, 3.05) is 18.0 Å². The Morgan fingerprint density at radius 1 is 1.12 bits per heavy atom. The second-order valence-electron chi connectivity index (χ2n) is 6.26. The van der Waals surface area contributed by atoms with Crippen molar-refractivity contribution >= 4 is 40.7 Å². The summed E-state index contributed by atoms with van der Waals surface area (Å²) in [6.07, 6.45) is 1.47. The molecule has 0 aromatic heterocycles. The molecule has 0 spiro atoms. The van der Waals surface area contributed by atoms with Gasteiger partial charge in [0.15, 0.2) is 0 Å². The molecule has 2 aromatic rings. The third-order valence-electron chi connectivity index (χ3n) is 4.53. The van der Waals surface area contributed by atoms with E-state index < -0.39 is 0 Å². The van der Waals surface area contributed by atoms with E-state index in [-0.39, 0.29) is 11.8 Å². The number of carbonyl (C=O) groups is 2. The van der Waals surface area contributed by atoms with Gasteiger partial charge in [-0.2, -0.15) is 0 Å². The smallest absolute Gasteiger partial charge is 0.254 e. The lowest BCUT2D eigenvalue weighted by Gasteiger charge is -2.22. The summed E-state index contributed by atoms with van der Waals surface area (Å²) in [4.78, 5) is 28.2. The first-order valence-electron chi connectivity index (χ1n) is 8.63. The highest BCUT2D eigenvalue weighted by atomic mass is 35.5. The SMILES string of the molecule is CCN(Cc1ccc(Cl)c(Cl)c1)C(=O)c1ccc(N2CCCC2=O)cc1. The number of carbonyl (C=O) groups excluding carboxylic acids is 2. The van der Waals surface area contributed by atoms with E-state index >= 15 is 0 Å². The Kier molecular flexibility index (Phi) is 5.84. The molecule has 0 aliphatic carbocycles. The molecule has 1 heterocycles. The summed E-state index contributed by atoms with van der Waals surface area (Å²) in [6.45, 7) is 3.71. The van der Waals surface area contributed by atoms with Crippen LogP contribution < -0.4 is 4.90 Å². The maximum atomic E-state index is 12.8. The number of hydrogen-bond donors (Lipinski definition) is 0. The van der Waals surface area contributed by atoms with Gasteiger partial charge in [-0.1, -0.05) is 29.3 Å². The fourth-order valence-electron chi connectivity index (χ4n) is 3.07. The number of benzene rings is 2. The molecule has 1 aliphatic heterocycles. The van der Waals surface area contributed by atoms with Gasteiger partial charge in [-0.05, 0) is 55.3 Å². The number of halogens is 2. The van der Waals surface area contributed by atoms with Crippen molar-refractivity contribution in [3.05, 3.63) is 63.6 Å². The van der Waals surface area contributed by atoms with E-state index in [2.05, 4.69) is 0 Å². The number of hydrogen-bond acceptors (Lipinski definition) is 2. The minimum atomic E-state index is -0.0575. The molecule has 26 heavy (non-hydrogen) atoms. The van der Waals surface area contributed by atoms with Crippen molar-refractivity contribution in [3.63, 3.8) is 0 Å². The van der Waals surface area contributed by atoms with Gasteiger partial charge in [0.05, 0.1) is 10.0 Å². The summed E-state index contributed by atoms with van der Waals surface area (Å²) in [5.74, 6) is 0.0803. The number of amides is 2. The van der Waals surface area contributed by atoms with Crippen LogP contribution in [0.3, 0.4) is 0 Å². The number of rotatable bonds is 5. The predicted molar refractivity (Wildman–Crippen MR) is 105 cm³/mol. The van der Waals surface area contributed by atoms with Gasteiger partial charge < -0.3 is 9.80 Å². The van der Waals surface area contributed by atoms with Crippen LogP contribution in [0.4, 0.5) is 5.69 Å². The zero-order valence-corrected chi connectivity index (χ0v) is 16.1. The highest BCUT2D eigenvalue weighted by Gasteiger charge is 2.22. The molecule has 0 unspecified atom stereocenters. The fraction of sp³-hybridized carbons (Fsp3) is 0.300. The summed E-state index contributed by atoms with van der Waals surface area (Å²) >= 11 is 12.0. The Labute approximate surface area is 163 Å². The zero-order valence-electron chi connectivity index (χ0n) is 14.5. The molecule has 4 nitrogen and oxygen atoms in total. The minimum absolute atomic E-state index is 0.0575. The summed E-state index contributed by atoms with van der Waals surface area (Å²) in [5.41, 5.74) is 2.37. The zero-order chi connectivity index (χ0) is 18.7. The number of anilines is 1. The van der Waals surface area contributed by atoms with Gasteiger partial charge in [0.2, 0.25) is 5.91 Å². The molecule has 0 bridgehead atoms. The molecule has 1 saturated heterocycles. The molecular formula is C20H20Cl2N2O2. The van der Waals surface area contributed by atoms with Crippen LogP contribution in [0.1, 0.15) is 35.7 Å². The normalized spacial score (nSPS) is 14.0. The van der Waals surface area contributed by atoms with Gasteiger partial charge >= 0.3 is 0 Å². The molecule has 2 aromatic carbocycles. The van der Waals surface area contributed by atoms with E-state index in [1.807, 2.05) is 25.1 Å². The van der Waals surface area contributed by atoms with Gasteiger partial charge in [-0.25, -0.2) is 0 Å². The first-order chi connectivity index (χ1) is 12.5. The Balaban J connectivity index is 1.73.